The van der Waals surface area contributed by atoms with Crippen molar-refractivity contribution in [2.75, 3.05) is 20.3 Å². The lowest BCUT2D eigenvalue weighted by Crippen LogP contribution is -2.34. The summed E-state index contributed by atoms with van der Waals surface area (Å²) in [5, 5.41) is 13.3. The molecule has 4 aromatic rings. The topological polar surface area (TPSA) is 93.4 Å². The van der Waals surface area contributed by atoms with Crippen LogP contribution in [0.2, 0.25) is 0 Å². The molecular weight excluding hydrogens is 444 g/mol. The molecule has 1 amide bonds. The molecule has 0 aliphatic carbocycles. The number of amides is 1. The minimum absolute atomic E-state index is 0.00334. The number of methoxy groups -OCH3 is 1. The number of nitrogens with one attached hydrogen (secondary N) is 1. The van der Waals surface area contributed by atoms with E-state index in [2.05, 4.69) is 10.3 Å². The number of aromatic hydroxyl groups is 1. The van der Waals surface area contributed by atoms with E-state index in [-0.39, 0.29) is 35.7 Å². The molecule has 0 saturated heterocycles. The molecule has 34 heavy (non-hydrogen) atoms. The number of halogens is 2. The number of rotatable bonds is 7. The second kappa shape index (κ2) is 9.80. The first-order valence-electron chi connectivity index (χ1n) is 10.4. The zero-order valence-corrected chi connectivity index (χ0v) is 18.2. The Labute approximate surface area is 193 Å². The van der Waals surface area contributed by atoms with Gasteiger partial charge in [0.2, 0.25) is 0 Å². The Balaban J connectivity index is 1.90. The summed E-state index contributed by atoms with van der Waals surface area (Å²) in [7, 11) is 1.46. The molecule has 7 nitrogen and oxygen atoms in total. The highest BCUT2D eigenvalue weighted by molar-refractivity contribution is 6.01. The van der Waals surface area contributed by atoms with Crippen molar-refractivity contribution in [3.8, 4) is 11.4 Å². The van der Waals surface area contributed by atoms with Gasteiger partial charge in [-0.3, -0.25) is 19.1 Å². The smallest absolute Gasteiger partial charge is 0.272 e. The fourth-order valence-electron chi connectivity index (χ4n) is 3.65. The first-order chi connectivity index (χ1) is 16.4. The Morgan fingerprint density at radius 1 is 1.09 bits per heavy atom. The van der Waals surface area contributed by atoms with Gasteiger partial charge in [-0.1, -0.05) is 18.2 Å². The van der Waals surface area contributed by atoms with Crippen LogP contribution in [0.15, 0.2) is 65.6 Å². The zero-order chi connectivity index (χ0) is 24.2. The number of carbonyl (C=O) groups is 1. The van der Waals surface area contributed by atoms with Gasteiger partial charge in [0.1, 0.15) is 22.7 Å². The van der Waals surface area contributed by atoms with Crippen LogP contribution < -0.4 is 10.9 Å². The second-order valence-corrected chi connectivity index (χ2v) is 7.61. The molecule has 0 atom stereocenters. The summed E-state index contributed by atoms with van der Waals surface area (Å²) in [6, 6.07) is 12.9. The molecule has 0 spiro atoms. The number of nitrogens with zero attached hydrogens (tertiary/aromatic N) is 2. The Kier molecular flexibility index (Phi) is 6.65. The van der Waals surface area contributed by atoms with Gasteiger partial charge in [0.25, 0.3) is 11.5 Å². The maximum Gasteiger partial charge on any atom is 0.272 e. The van der Waals surface area contributed by atoms with Gasteiger partial charge in [-0.25, -0.2) is 8.78 Å². The predicted molar refractivity (Wildman–Crippen MR) is 122 cm³/mol. The molecule has 0 saturated carbocycles. The normalized spacial score (nSPS) is 11.0. The quantitative estimate of drug-likeness (QED) is 0.409. The van der Waals surface area contributed by atoms with E-state index >= 15 is 0 Å². The van der Waals surface area contributed by atoms with Crippen LogP contribution in [0.4, 0.5) is 8.78 Å². The monoisotopic (exact) mass is 465 g/mol. The number of fused-ring (bicyclic) bond motifs is 1. The molecule has 174 valence electrons. The second-order valence-electron chi connectivity index (χ2n) is 7.61. The van der Waals surface area contributed by atoms with Gasteiger partial charge in [0.15, 0.2) is 5.75 Å². The van der Waals surface area contributed by atoms with Gasteiger partial charge < -0.3 is 15.2 Å². The van der Waals surface area contributed by atoms with Crippen molar-refractivity contribution in [3.05, 3.63) is 99.5 Å². The van der Waals surface area contributed by atoms with Crippen LogP contribution in [0.25, 0.3) is 16.7 Å². The molecular formula is C25H21F2N3O4. The molecule has 0 aliphatic rings. The maximum atomic E-state index is 14.0. The highest BCUT2D eigenvalue weighted by atomic mass is 19.1. The Bertz CT molecular complexity index is 1420. The van der Waals surface area contributed by atoms with E-state index in [1.165, 1.54) is 43.6 Å². The van der Waals surface area contributed by atoms with E-state index in [1.807, 2.05) is 0 Å². The van der Waals surface area contributed by atoms with Crippen LogP contribution in [0, 0.1) is 11.6 Å². The lowest BCUT2D eigenvalue weighted by Gasteiger charge is -2.15. The van der Waals surface area contributed by atoms with Gasteiger partial charge in [0, 0.05) is 19.9 Å². The SMILES string of the molecule is COCCNC(=O)c1c(O)c2ncc(Cc3ccc(F)cc3)cc2n(-c2cccc(F)c2)c1=O. The van der Waals surface area contributed by atoms with Crippen LogP contribution in [0.5, 0.6) is 5.75 Å². The number of pyridine rings is 2. The summed E-state index contributed by atoms with van der Waals surface area (Å²) in [6.45, 7) is 0.333. The van der Waals surface area contributed by atoms with Crippen LogP contribution in [-0.4, -0.2) is 40.8 Å². The van der Waals surface area contributed by atoms with E-state index in [1.54, 1.807) is 18.2 Å². The van der Waals surface area contributed by atoms with Gasteiger partial charge in [-0.05, 0) is 53.9 Å². The number of hydrogen-bond donors (Lipinski definition) is 2. The zero-order valence-electron chi connectivity index (χ0n) is 18.2. The molecule has 2 aromatic carbocycles. The largest absolute Gasteiger partial charge is 0.505 e. The molecule has 0 fully saturated rings. The van der Waals surface area contributed by atoms with Crippen LogP contribution in [0.1, 0.15) is 21.5 Å². The molecule has 0 unspecified atom stereocenters. The highest BCUT2D eigenvalue weighted by Crippen LogP contribution is 2.28. The Morgan fingerprint density at radius 3 is 2.56 bits per heavy atom. The van der Waals surface area contributed by atoms with Gasteiger partial charge in [-0.15, -0.1) is 0 Å². The van der Waals surface area contributed by atoms with Crippen LogP contribution in [0.3, 0.4) is 0 Å². The minimum atomic E-state index is -0.828. The number of benzene rings is 2. The molecule has 0 aliphatic heterocycles. The Morgan fingerprint density at radius 2 is 1.85 bits per heavy atom. The van der Waals surface area contributed by atoms with Crippen molar-refractivity contribution >= 4 is 16.9 Å². The minimum Gasteiger partial charge on any atom is -0.505 e. The predicted octanol–water partition coefficient (Wildman–Crippen LogP) is 3.34. The van der Waals surface area contributed by atoms with Gasteiger partial charge in [0.05, 0.1) is 17.8 Å². The molecule has 0 bridgehead atoms. The fraction of sp³-hybridized carbons (Fsp3) is 0.160. The van der Waals surface area contributed by atoms with Gasteiger partial charge in [-0.2, -0.15) is 0 Å². The molecule has 2 aromatic heterocycles. The number of carbonyl (C=O) groups excluding carboxylic acids is 1. The van der Waals surface area contributed by atoms with Crippen molar-refractivity contribution in [2.45, 2.75) is 6.42 Å². The molecule has 0 radical (unpaired) electrons. The molecule has 9 heteroatoms. The summed E-state index contributed by atoms with van der Waals surface area (Å²) < 4.78 is 33.3. The molecule has 4 rings (SSSR count). The van der Waals surface area contributed by atoms with E-state index in [9.17, 15) is 23.5 Å². The first-order valence-corrected chi connectivity index (χ1v) is 10.4. The summed E-state index contributed by atoms with van der Waals surface area (Å²) in [6.07, 6.45) is 1.87. The van der Waals surface area contributed by atoms with E-state index in [0.717, 1.165) is 16.2 Å². The summed E-state index contributed by atoms with van der Waals surface area (Å²) in [4.78, 5) is 30.4. The van der Waals surface area contributed by atoms with Crippen molar-refractivity contribution < 1.29 is 23.4 Å². The van der Waals surface area contributed by atoms with E-state index < -0.39 is 28.6 Å². The third-order valence-corrected chi connectivity index (χ3v) is 5.25. The number of hydrogen-bond acceptors (Lipinski definition) is 5. The van der Waals surface area contributed by atoms with Crippen molar-refractivity contribution in [2.24, 2.45) is 0 Å². The lowest BCUT2D eigenvalue weighted by molar-refractivity contribution is 0.0933. The van der Waals surface area contributed by atoms with E-state index in [4.69, 9.17) is 4.74 Å². The maximum absolute atomic E-state index is 14.0. The van der Waals surface area contributed by atoms with Crippen LogP contribution >= 0.6 is 0 Å². The van der Waals surface area contributed by atoms with Crippen molar-refractivity contribution in [3.63, 3.8) is 0 Å². The summed E-state index contributed by atoms with van der Waals surface area (Å²) >= 11 is 0. The third-order valence-electron chi connectivity index (χ3n) is 5.25. The van der Waals surface area contributed by atoms with Crippen molar-refractivity contribution in [1.29, 1.82) is 0 Å². The average molecular weight is 465 g/mol. The number of ether oxygens (including phenoxy) is 1. The Hall–Kier alpha value is -4.11. The fourth-order valence-corrected chi connectivity index (χ4v) is 3.65. The number of aromatic nitrogens is 2. The lowest BCUT2D eigenvalue weighted by atomic mass is 10.0. The van der Waals surface area contributed by atoms with Crippen LogP contribution in [-0.2, 0) is 11.2 Å². The molecule has 2 heterocycles. The van der Waals surface area contributed by atoms with Gasteiger partial charge >= 0.3 is 0 Å². The summed E-state index contributed by atoms with van der Waals surface area (Å²) in [5.74, 6) is -2.31. The third kappa shape index (κ3) is 4.65. The average Bonchev–Trinajstić information content (AvgIpc) is 2.81. The standard InChI is InChI=1S/C25H21F2N3O4/c1-34-10-9-28-24(32)21-23(31)22-20(30(25(21)33)19-4-2-3-18(27)13-19)12-16(14-29-22)11-15-5-7-17(26)8-6-15/h2-8,12-14,31H,9-11H2,1H3,(H,28,32). The van der Waals surface area contributed by atoms with E-state index in [0.29, 0.717) is 12.0 Å². The van der Waals surface area contributed by atoms with Crippen molar-refractivity contribution in [1.82, 2.24) is 14.9 Å². The molecule has 2 N–H and O–H groups in total. The summed E-state index contributed by atoms with van der Waals surface area (Å²) in [5.41, 5.74) is 0.505. The first kappa shape index (κ1) is 23.1. The highest BCUT2D eigenvalue weighted by Gasteiger charge is 2.24.